The van der Waals surface area contributed by atoms with Gasteiger partial charge in [-0.15, -0.1) is 11.8 Å². The molecule has 0 saturated heterocycles. The van der Waals surface area contributed by atoms with Gasteiger partial charge < -0.3 is 0 Å². The fraction of sp³-hybridized carbons (Fsp3) is 0.938. The Kier molecular flexibility index (Phi) is 8.78. The van der Waals surface area contributed by atoms with Crippen LogP contribution in [0.3, 0.4) is 0 Å². The first-order chi connectivity index (χ1) is 8.39. The van der Waals surface area contributed by atoms with Crippen LogP contribution in [0.2, 0.25) is 0 Å². The summed E-state index contributed by atoms with van der Waals surface area (Å²) >= 11 is 1.89. The summed E-state index contributed by atoms with van der Waals surface area (Å²) in [5.41, 5.74) is 0. The third-order valence-electron chi connectivity index (χ3n) is 3.07. The highest BCUT2D eigenvalue weighted by molar-refractivity contribution is 8.02. The Morgan fingerprint density at radius 1 is 0.889 bits per heavy atom. The van der Waals surface area contributed by atoms with E-state index in [1.54, 1.807) is 0 Å². The summed E-state index contributed by atoms with van der Waals surface area (Å²) in [6, 6.07) is 2.65. The molecule has 0 unspecified atom stereocenters. The Labute approximate surface area is 119 Å². The Bertz CT molecular complexity index is 237. The monoisotopic (exact) mass is 269 g/mol. The zero-order valence-corrected chi connectivity index (χ0v) is 13.8. The molecule has 0 aromatic carbocycles. The minimum atomic E-state index is -0.150. The van der Waals surface area contributed by atoms with Crippen molar-refractivity contribution in [2.24, 2.45) is 0 Å². The third-order valence-corrected chi connectivity index (χ3v) is 4.58. The van der Waals surface area contributed by atoms with Crippen molar-refractivity contribution in [3.8, 4) is 6.07 Å². The molecule has 0 heterocycles. The first-order valence-electron chi connectivity index (χ1n) is 7.50. The lowest BCUT2D eigenvalue weighted by Crippen LogP contribution is -2.29. The minimum absolute atomic E-state index is 0.150. The van der Waals surface area contributed by atoms with Crippen molar-refractivity contribution < 1.29 is 0 Å². The van der Waals surface area contributed by atoms with E-state index in [1.165, 1.54) is 38.5 Å². The molecule has 0 radical (unpaired) electrons. The summed E-state index contributed by atoms with van der Waals surface area (Å²) in [4.78, 5) is 0. The molecule has 18 heavy (non-hydrogen) atoms. The van der Waals surface area contributed by atoms with E-state index in [9.17, 15) is 5.26 Å². The SMILES string of the molecule is CCCCCC(C#N)(CCCCC)SC(C)(C)C. The van der Waals surface area contributed by atoms with Gasteiger partial charge in [-0.3, -0.25) is 0 Å². The summed E-state index contributed by atoms with van der Waals surface area (Å²) in [5, 5.41) is 9.67. The van der Waals surface area contributed by atoms with Crippen LogP contribution in [0.1, 0.15) is 86.0 Å². The Hall–Kier alpha value is -0.160. The highest BCUT2D eigenvalue weighted by Gasteiger charge is 2.34. The molecule has 0 aliphatic rings. The average molecular weight is 269 g/mol. The standard InChI is InChI=1S/C16H31NS/c1-6-8-10-12-16(14-17,13-11-9-7-2)18-15(3,4)5/h6-13H2,1-5H3. The minimum Gasteiger partial charge on any atom is -0.197 e. The summed E-state index contributed by atoms with van der Waals surface area (Å²) in [7, 11) is 0. The number of rotatable bonds is 9. The summed E-state index contributed by atoms with van der Waals surface area (Å²) in [5.74, 6) is 0. The molecule has 0 aliphatic carbocycles. The molecular weight excluding hydrogens is 238 g/mol. The van der Waals surface area contributed by atoms with Gasteiger partial charge in [0.25, 0.3) is 0 Å². The van der Waals surface area contributed by atoms with E-state index in [4.69, 9.17) is 0 Å². The molecule has 0 atom stereocenters. The summed E-state index contributed by atoms with van der Waals surface area (Å²) in [6.07, 6.45) is 9.47. The Balaban J connectivity index is 4.57. The van der Waals surface area contributed by atoms with Gasteiger partial charge in [-0.05, 0) is 12.8 Å². The van der Waals surface area contributed by atoms with Crippen LogP contribution in [0, 0.1) is 11.3 Å². The molecule has 0 amide bonds. The molecule has 0 N–H and O–H groups in total. The lowest BCUT2D eigenvalue weighted by atomic mass is 9.95. The van der Waals surface area contributed by atoms with Crippen LogP contribution in [-0.2, 0) is 0 Å². The maximum Gasteiger partial charge on any atom is 0.103 e. The number of nitrogens with zero attached hydrogens (tertiary/aromatic N) is 1. The van der Waals surface area contributed by atoms with E-state index in [-0.39, 0.29) is 9.49 Å². The van der Waals surface area contributed by atoms with Crippen LogP contribution in [0.25, 0.3) is 0 Å². The molecule has 1 nitrogen and oxygen atoms in total. The van der Waals surface area contributed by atoms with Gasteiger partial charge in [0.2, 0.25) is 0 Å². The van der Waals surface area contributed by atoms with Crippen LogP contribution in [0.15, 0.2) is 0 Å². The zero-order chi connectivity index (χ0) is 14.1. The largest absolute Gasteiger partial charge is 0.197 e. The van der Waals surface area contributed by atoms with Gasteiger partial charge in [-0.25, -0.2) is 0 Å². The topological polar surface area (TPSA) is 23.8 Å². The molecule has 0 rings (SSSR count). The first-order valence-corrected chi connectivity index (χ1v) is 8.32. The number of unbranched alkanes of at least 4 members (excludes halogenated alkanes) is 4. The van der Waals surface area contributed by atoms with Gasteiger partial charge in [-0.2, -0.15) is 5.26 Å². The molecule has 0 bridgehead atoms. The lowest BCUT2D eigenvalue weighted by Gasteiger charge is -2.33. The van der Waals surface area contributed by atoms with Crippen LogP contribution in [-0.4, -0.2) is 9.49 Å². The summed E-state index contributed by atoms with van der Waals surface area (Å²) < 4.78 is 0.0246. The third kappa shape index (κ3) is 8.03. The molecule has 0 aliphatic heterocycles. The van der Waals surface area contributed by atoms with E-state index >= 15 is 0 Å². The van der Waals surface area contributed by atoms with Crippen molar-refractivity contribution in [3.63, 3.8) is 0 Å². The first kappa shape index (κ1) is 17.8. The second kappa shape index (κ2) is 8.86. The Morgan fingerprint density at radius 3 is 1.61 bits per heavy atom. The molecule has 0 spiro atoms. The van der Waals surface area contributed by atoms with Crippen LogP contribution in [0.4, 0.5) is 0 Å². The summed E-state index contributed by atoms with van der Waals surface area (Å²) in [6.45, 7) is 11.1. The van der Waals surface area contributed by atoms with Crippen molar-refractivity contribution >= 4 is 11.8 Å². The predicted octanol–water partition coefficient (Wildman–Crippen LogP) is 5.94. The maximum atomic E-state index is 9.67. The fourth-order valence-corrected chi connectivity index (χ4v) is 3.98. The second-order valence-electron chi connectivity index (χ2n) is 6.23. The van der Waals surface area contributed by atoms with Crippen molar-refractivity contribution in [2.75, 3.05) is 0 Å². The van der Waals surface area contributed by atoms with Gasteiger partial charge >= 0.3 is 0 Å². The molecule has 0 aromatic heterocycles. The highest BCUT2D eigenvalue weighted by Crippen LogP contribution is 2.43. The van der Waals surface area contributed by atoms with Crippen LogP contribution < -0.4 is 0 Å². The van der Waals surface area contributed by atoms with Crippen LogP contribution >= 0.6 is 11.8 Å². The quantitative estimate of drug-likeness (QED) is 0.483. The normalized spacial score (nSPS) is 12.4. The second-order valence-corrected chi connectivity index (χ2v) is 8.45. The number of thioether (sulfide) groups is 1. The lowest BCUT2D eigenvalue weighted by molar-refractivity contribution is 0.519. The molecule has 106 valence electrons. The molecular formula is C16H31NS. The van der Waals surface area contributed by atoms with Crippen molar-refractivity contribution in [2.45, 2.75) is 95.5 Å². The number of hydrogen-bond donors (Lipinski definition) is 0. The average Bonchev–Trinajstić information content (AvgIpc) is 2.27. The van der Waals surface area contributed by atoms with Gasteiger partial charge in [0, 0.05) is 4.75 Å². The molecule has 0 fully saturated rings. The van der Waals surface area contributed by atoms with Gasteiger partial charge in [0.05, 0.1) is 6.07 Å². The van der Waals surface area contributed by atoms with Crippen molar-refractivity contribution in [1.82, 2.24) is 0 Å². The predicted molar refractivity (Wildman–Crippen MR) is 84.0 cm³/mol. The number of hydrogen-bond acceptors (Lipinski definition) is 2. The van der Waals surface area contributed by atoms with Crippen molar-refractivity contribution in [1.29, 1.82) is 5.26 Å². The smallest absolute Gasteiger partial charge is 0.103 e. The number of nitriles is 1. The van der Waals surface area contributed by atoms with E-state index in [0.29, 0.717) is 0 Å². The van der Waals surface area contributed by atoms with Gasteiger partial charge in [0.15, 0.2) is 0 Å². The Morgan fingerprint density at radius 2 is 1.33 bits per heavy atom. The van der Waals surface area contributed by atoms with Crippen molar-refractivity contribution in [3.05, 3.63) is 0 Å². The zero-order valence-electron chi connectivity index (χ0n) is 13.0. The van der Waals surface area contributed by atoms with E-state index in [1.807, 2.05) is 11.8 Å². The van der Waals surface area contributed by atoms with Gasteiger partial charge in [0.1, 0.15) is 4.75 Å². The highest BCUT2D eigenvalue weighted by atomic mass is 32.2. The van der Waals surface area contributed by atoms with E-state index < -0.39 is 0 Å². The maximum absolute atomic E-state index is 9.67. The van der Waals surface area contributed by atoms with E-state index in [2.05, 4.69) is 40.7 Å². The van der Waals surface area contributed by atoms with E-state index in [0.717, 1.165) is 12.8 Å². The molecule has 0 saturated carbocycles. The molecule has 2 heteroatoms. The van der Waals surface area contributed by atoms with Crippen LogP contribution in [0.5, 0.6) is 0 Å². The molecule has 0 aromatic rings. The fourth-order valence-electron chi connectivity index (χ4n) is 2.27. The van der Waals surface area contributed by atoms with Gasteiger partial charge in [-0.1, -0.05) is 73.1 Å².